The number of amides is 2. The molecular weight excluding hydrogens is 304 g/mol. The van der Waals surface area contributed by atoms with Crippen LogP contribution in [0.25, 0.3) is 5.70 Å². The summed E-state index contributed by atoms with van der Waals surface area (Å²) in [6.07, 6.45) is 4.60. The zero-order chi connectivity index (χ0) is 16.1. The first-order valence-electron chi connectivity index (χ1n) is 6.92. The number of hydrogen-bond acceptors (Lipinski definition) is 7. The van der Waals surface area contributed by atoms with Crippen LogP contribution in [-0.2, 0) is 9.59 Å². The number of carbonyl (C=O) groups is 2. The van der Waals surface area contributed by atoms with Crippen molar-refractivity contribution in [2.45, 2.75) is 18.9 Å². The third kappa shape index (κ3) is 3.74. The van der Waals surface area contributed by atoms with Crippen LogP contribution in [0.1, 0.15) is 17.8 Å². The van der Waals surface area contributed by atoms with Crippen molar-refractivity contribution in [1.29, 1.82) is 0 Å². The molecule has 0 aromatic carbocycles. The molecule has 1 aromatic heterocycles. The molecule has 1 aromatic rings. The average Bonchev–Trinajstić information content (AvgIpc) is 3.17. The SMILES string of the molecule is CNC(=O)C1CCCN1C(=O)CN(N)/C=C(\N)c1nccs1. The van der Waals surface area contributed by atoms with Crippen LogP contribution < -0.4 is 16.9 Å². The molecule has 120 valence electrons. The monoisotopic (exact) mass is 324 g/mol. The van der Waals surface area contributed by atoms with E-state index >= 15 is 0 Å². The molecule has 1 saturated heterocycles. The van der Waals surface area contributed by atoms with Gasteiger partial charge in [0.25, 0.3) is 0 Å². The lowest BCUT2D eigenvalue weighted by atomic mass is 10.2. The summed E-state index contributed by atoms with van der Waals surface area (Å²) < 4.78 is 0. The molecule has 0 aliphatic carbocycles. The van der Waals surface area contributed by atoms with E-state index in [2.05, 4.69) is 10.3 Å². The maximum absolute atomic E-state index is 12.3. The lowest BCUT2D eigenvalue weighted by Gasteiger charge is -2.25. The second-order valence-corrected chi connectivity index (χ2v) is 5.85. The molecule has 5 N–H and O–H groups in total. The molecule has 8 nitrogen and oxygen atoms in total. The van der Waals surface area contributed by atoms with Gasteiger partial charge >= 0.3 is 0 Å². The molecule has 22 heavy (non-hydrogen) atoms. The van der Waals surface area contributed by atoms with Gasteiger partial charge in [-0.25, -0.2) is 10.8 Å². The summed E-state index contributed by atoms with van der Waals surface area (Å²) in [5, 5.41) is 6.25. The lowest BCUT2D eigenvalue weighted by Crippen LogP contribution is -2.48. The minimum Gasteiger partial charge on any atom is -0.395 e. The van der Waals surface area contributed by atoms with Crippen LogP contribution >= 0.6 is 11.3 Å². The van der Waals surface area contributed by atoms with Gasteiger partial charge in [-0.15, -0.1) is 11.3 Å². The van der Waals surface area contributed by atoms with Gasteiger partial charge in [0.2, 0.25) is 11.8 Å². The first kappa shape index (κ1) is 16.2. The zero-order valence-corrected chi connectivity index (χ0v) is 13.2. The van der Waals surface area contributed by atoms with Gasteiger partial charge in [0.1, 0.15) is 17.6 Å². The molecule has 2 rings (SSSR count). The summed E-state index contributed by atoms with van der Waals surface area (Å²) in [5.41, 5.74) is 6.26. The van der Waals surface area contributed by atoms with Crippen molar-refractivity contribution < 1.29 is 9.59 Å². The molecule has 0 saturated carbocycles. The van der Waals surface area contributed by atoms with Crippen LogP contribution in [0.5, 0.6) is 0 Å². The Kier molecular flexibility index (Phi) is 5.34. The van der Waals surface area contributed by atoms with Gasteiger partial charge in [-0.05, 0) is 12.8 Å². The molecule has 9 heteroatoms. The lowest BCUT2D eigenvalue weighted by molar-refractivity contribution is -0.138. The smallest absolute Gasteiger partial charge is 0.244 e. The Labute approximate surface area is 132 Å². The number of hydrazine groups is 1. The average molecular weight is 324 g/mol. The van der Waals surface area contributed by atoms with Crippen LogP contribution in [0, 0.1) is 0 Å². The number of thiazole rings is 1. The minimum atomic E-state index is -0.411. The van der Waals surface area contributed by atoms with E-state index < -0.39 is 6.04 Å². The van der Waals surface area contributed by atoms with Crippen molar-refractivity contribution in [1.82, 2.24) is 20.2 Å². The Morgan fingerprint density at radius 3 is 3.05 bits per heavy atom. The largest absolute Gasteiger partial charge is 0.395 e. The van der Waals surface area contributed by atoms with Gasteiger partial charge in [0.15, 0.2) is 0 Å². The summed E-state index contributed by atoms with van der Waals surface area (Å²) in [4.78, 5) is 29.7. The predicted octanol–water partition coefficient (Wildman–Crippen LogP) is -0.687. The highest BCUT2D eigenvalue weighted by atomic mass is 32.1. The third-order valence-corrected chi connectivity index (χ3v) is 4.25. The van der Waals surface area contributed by atoms with E-state index in [4.69, 9.17) is 11.6 Å². The van der Waals surface area contributed by atoms with Crippen LogP contribution in [0.3, 0.4) is 0 Å². The summed E-state index contributed by atoms with van der Waals surface area (Å²) >= 11 is 1.39. The molecule has 0 bridgehead atoms. The third-order valence-electron chi connectivity index (χ3n) is 3.42. The fourth-order valence-electron chi connectivity index (χ4n) is 2.40. The molecule has 1 fully saturated rings. The van der Waals surface area contributed by atoms with Crippen molar-refractivity contribution in [3.05, 3.63) is 22.8 Å². The number of nitrogens with one attached hydrogen (secondary N) is 1. The fraction of sp³-hybridized carbons (Fsp3) is 0.462. The zero-order valence-electron chi connectivity index (χ0n) is 12.4. The standard InChI is InChI=1S/C13H20N6O2S/c1-16-12(21)10-3-2-5-19(10)11(20)8-18(15)7-9(14)13-17-4-6-22-13/h4,6-7,10H,2-3,5,8,14-15H2,1H3,(H,16,21)/b9-7-. The molecule has 1 aliphatic rings. The Balaban J connectivity index is 1.96. The molecule has 2 heterocycles. The van der Waals surface area contributed by atoms with E-state index in [1.165, 1.54) is 22.5 Å². The molecular formula is C13H20N6O2S. The van der Waals surface area contributed by atoms with Crippen molar-refractivity contribution >= 4 is 28.8 Å². The maximum Gasteiger partial charge on any atom is 0.244 e. The first-order valence-corrected chi connectivity index (χ1v) is 7.80. The molecule has 1 aliphatic heterocycles. The highest BCUT2D eigenvalue weighted by molar-refractivity contribution is 7.10. The Bertz CT molecular complexity index is 559. The highest BCUT2D eigenvalue weighted by Gasteiger charge is 2.33. The first-order chi connectivity index (χ1) is 10.5. The number of rotatable bonds is 5. The van der Waals surface area contributed by atoms with Crippen LogP contribution in [-0.4, -0.2) is 52.9 Å². The van der Waals surface area contributed by atoms with Gasteiger partial charge in [0, 0.05) is 31.4 Å². The summed E-state index contributed by atoms with van der Waals surface area (Å²) in [6.45, 7) is 0.524. The van der Waals surface area contributed by atoms with Crippen molar-refractivity contribution in [2.24, 2.45) is 11.6 Å². The maximum atomic E-state index is 12.3. The Morgan fingerprint density at radius 1 is 1.64 bits per heavy atom. The molecule has 2 amide bonds. The quantitative estimate of drug-likeness (QED) is 0.487. The Morgan fingerprint density at radius 2 is 2.41 bits per heavy atom. The van der Waals surface area contributed by atoms with Gasteiger partial charge in [-0.3, -0.25) is 9.59 Å². The summed E-state index contributed by atoms with van der Waals surface area (Å²) in [6, 6.07) is -0.411. The fourth-order valence-corrected chi connectivity index (χ4v) is 2.96. The van der Waals surface area contributed by atoms with E-state index in [0.29, 0.717) is 23.7 Å². The van der Waals surface area contributed by atoms with E-state index in [1.807, 2.05) is 0 Å². The number of likely N-dealkylation sites (N-methyl/N-ethyl adjacent to an activating group) is 1. The topological polar surface area (TPSA) is 118 Å². The van der Waals surface area contributed by atoms with Crippen molar-refractivity contribution in [3.63, 3.8) is 0 Å². The van der Waals surface area contributed by atoms with E-state index in [-0.39, 0.29) is 18.4 Å². The number of nitrogens with zero attached hydrogens (tertiary/aromatic N) is 3. The number of aromatic nitrogens is 1. The Hall–Kier alpha value is -2.13. The second kappa shape index (κ2) is 7.23. The van der Waals surface area contributed by atoms with Crippen molar-refractivity contribution in [2.75, 3.05) is 20.1 Å². The number of hydrogen-bond donors (Lipinski definition) is 3. The van der Waals surface area contributed by atoms with Gasteiger partial charge < -0.3 is 21.0 Å². The van der Waals surface area contributed by atoms with Crippen molar-refractivity contribution in [3.8, 4) is 0 Å². The van der Waals surface area contributed by atoms with Crippen LogP contribution in [0.15, 0.2) is 17.8 Å². The minimum absolute atomic E-state index is 0.0421. The van der Waals surface area contributed by atoms with Crippen LogP contribution in [0.4, 0.5) is 0 Å². The van der Waals surface area contributed by atoms with E-state index in [9.17, 15) is 9.59 Å². The van der Waals surface area contributed by atoms with Gasteiger partial charge in [-0.2, -0.15) is 0 Å². The number of nitrogens with two attached hydrogens (primary N) is 2. The van der Waals surface area contributed by atoms with Gasteiger partial charge in [0.05, 0.1) is 5.70 Å². The van der Waals surface area contributed by atoms with E-state index in [1.54, 1.807) is 23.5 Å². The second-order valence-electron chi connectivity index (χ2n) is 4.95. The van der Waals surface area contributed by atoms with Crippen LogP contribution in [0.2, 0.25) is 0 Å². The molecule has 0 radical (unpaired) electrons. The summed E-state index contributed by atoms with van der Waals surface area (Å²) in [5.74, 6) is 5.47. The molecule has 1 atom stereocenters. The normalized spacial score (nSPS) is 18.4. The summed E-state index contributed by atoms with van der Waals surface area (Å²) in [7, 11) is 1.57. The molecule has 1 unspecified atom stereocenters. The number of carbonyl (C=O) groups excluding carboxylic acids is 2. The van der Waals surface area contributed by atoms with E-state index in [0.717, 1.165) is 6.42 Å². The predicted molar refractivity (Wildman–Crippen MR) is 84.0 cm³/mol. The van der Waals surface area contributed by atoms with Gasteiger partial charge in [-0.1, -0.05) is 0 Å². The highest BCUT2D eigenvalue weighted by Crippen LogP contribution is 2.18. The molecule has 0 spiro atoms. The number of likely N-dealkylation sites (tertiary alicyclic amines) is 1.